The van der Waals surface area contributed by atoms with Gasteiger partial charge in [0.05, 0.1) is 17.8 Å². The first-order valence-corrected chi connectivity index (χ1v) is 8.46. The van der Waals surface area contributed by atoms with Gasteiger partial charge in [-0.3, -0.25) is 14.9 Å². The molecule has 1 spiro atoms. The van der Waals surface area contributed by atoms with E-state index in [1.54, 1.807) is 25.1 Å². The van der Waals surface area contributed by atoms with Crippen molar-refractivity contribution in [2.45, 2.75) is 25.2 Å². The van der Waals surface area contributed by atoms with Crippen LogP contribution in [0.4, 0.5) is 28.0 Å². The largest absolute Gasteiger partial charge is 0.419 e. The molecule has 2 aromatic carbocycles. The summed E-state index contributed by atoms with van der Waals surface area (Å²) >= 11 is 0. The molecule has 2 aromatic rings. The van der Waals surface area contributed by atoms with E-state index in [2.05, 4.69) is 5.32 Å². The van der Waals surface area contributed by atoms with Gasteiger partial charge >= 0.3 is 12.2 Å². The molecule has 4 rings (SSSR count). The van der Waals surface area contributed by atoms with Crippen molar-refractivity contribution in [1.29, 1.82) is 0 Å². The monoisotopic (exact) mass is 407 g/mol. The number of carbonyl (C=O) groups is 3. The number of anilines is 1. The highest BCUT2D eigenvalue weighted by atomic mass is 19.4. The lowest BCUT2D eigenvalue weighted by Gasteiger charge is -2.21. The van der Waals surface area contributed by atoms with Gasteiger partial charge in [0, 0.05) is 5.56 Å². The van der Waals surface area contributed by atoms with Crippen molar-refractivity contribution in [3.8, 4) is 0 Å². The molecule has 150 valence electrons. The number of aryl methyl sites for hydroxylation is 1. The number of halogens is 4. The normalized spacial score (nSPS) is 20.9. The number of amides is 4. The maximum Gasteiger partial charge on any atom is 0.419 e. The number of urea groups is 1. The summed E-state index contributed by atoms with van der Waals surface area (Å²) < 4.78 is 52.6. The fourth-order valence-corrected chi connectivity index (χ4v) is 3.64. The van der Waals surface area contributed by atoms with E-state index < -0.39 is 40.9 Å². The predicted molar refractivity (Wildman–Crippen MR) is 92.1 cm³/mol. The number of alkyl halides is 3. The van der Waals surface area contributed by atoms with E-state index in [-0.39, 0.29) is 23.4 Å². The van der Waals surface area contributed by atoms with E-state index in [1.807, 2.05) is 5.32 Å². The lowest BCUT2D eigenvalue weighted by atomic mass is 9.90. The average molecular weight is 407 g/mol. The second-order valence-electron chi connectivity index (χ2n) is 6.88. The summed E-state index contributed by atoms with van der Waals surface area (Å²) in [5, 5.41) is 4.37. The van der Waals surface area contributed by atoms with Crippen molar-refractivity contribution in [3.05, 3.63) is 64.5 Å². The van der Waals surface area contributed by atoms with Crippen LogP contribution in [0.25, 0.3) is 0 Å². The second-order valence-corrected chi connectivity index (χ2v) is 6.88. The Bertz CT molecular complexity index is 1080. The number of nitrogens with zero attached hydrogens (tertiary/aromatic N) is 1. The molecular formula is C19H13F4N3O3. The molecule has 6 nitrogen and oxygen atoms in total. The Hall–Kier alpha value is -3.43. The minimum atomic E-state index is -4.90. The van der Waals surface area contributed by atoms with Gasteiger partial charge in [-0.2, -0.15) is 13.2 Å². The van der Waals surface area contributed by atoms with Crippen LogP contribution in [-0.2, 0) is 27.8 Å². The summed E-state index contributed by atoms with van der Waals surface area (Å²) in [5.41, 5.74) is -2.20. The molecule has 0 radical (unpaired) electrons. The predicted octanol–water partition coefficient (Wildman–Crippen LogP) is 2.73. The van der Waals surface area contributed by atoms with Gasteiger partial charge in [0.2, 0.25) is 5.54 Å². The summed E-state index contributed by atoms with van der Waals surface area (Å²) in [6.07, 6.45) is -4.90. The van der Waals surface area contributed by atoms with Crippen LogP contribution in [0.3, 0.4) is 0 Å². The molecule has 0 aromatic heterocycles. The Kier molecular flexibility index (Phi) is 3.93. The number of rotatable bonds is 2. The lowest BCUT2D eigenvalue weighted by Crippen LogP contribution is -2.52. The number of carbonyl (C=O) groups excluding carboxylic acids is 3. The zero-order valence-corrected chi connectivity index (χ0v) is 14.9. The van der Waals surface area contributed by atoms with E-state index >= 15 is 0 Å². The smallest absolute Gasteiger partial charge is 0.312 e. The topological polar surface area (TPSA) is 78.5 Å². The number of fused-ring (bicyclic) bond motifs is 2. The molecule has 4 amide bonds. The van der Waals surface area contributed by atoms with E-state index in [1.165, 1.54) is 0 Å². The molecule has 29 heavy (non-hydrogen) atoms. The van der Waals surface area contributed by atoms with Gasteiger partial charge in [-0.1, -0.05) is 23.8 Å². The Morgan fingerprint density at radius 2 is 1.79 bits per heavy atom. The van der Waals surface area contributed by atoms with Crippen molar-refractivity contribution in [2.24, 2.45) is 0 Å². The fraction of sp³-hybridized carbons (Fsp3) is 0.211. The molecule has 2 heterocycles. The summed E-state index contributed by atoms with van der Waals surface area (Å²) in [7, 11) is 0. The molecule has 1 unspecified atom stereocenters. The van der Waals surface area contributed by atoms with Gasteiger partial charge in [-0.15, -0.1) is 0 Å². The first-order valence-electron chi connectivity index (χ1n) is 8.46. The van der Waals surface area contributed by atoms with E-state index in [0.717, 1.165) is 11.0 Å². The van der Waals surface area contributed by atoms with Crippen LogP contribution in [0, 0.1) is 12.7 Å². The molecule has 1 fully saturated rings. The van der Waals surface area contributed by atoms with Crippen LogP contribution in [0.5, 0.6) is 0 Å². The highest BCUT2D eigenvalue weighted by molar-refractivity contribution is 6.27. The Morgan fingerprint density at radius 1 is 1.07 bits per heavy atom. The van der Waals surface area contributed by atoms with Crippen LogP contribution in [-0.4, -0.2) is 17.8 Å². The number of hydrogen-bond donors (Lipinski definition) is 2. The first kappa shape index (κ1) is 18.9. The van der Waals surface area contributed by atoms with E-state index in [0.29, 0.717) is 17.7 Å². The van der Waals surface area contributed by atoms with Crippen LogP contribution in [0.15, 0.2) is 36.4 Å². The first-order chi connectivity index (χ1) is 13.5. The second kappa shape index (κ2) is 6.03. The molecule has 10 heteroatoms. The van der Waals surface area contributed by atoms with Gasteiger partial charge in [-0.25, -0.2) is 9.18 Å². The van der Waals surface area contributed by atoms with Crippen LogP contribution in [0.1, 0.15) is 22.3 Å². The molecule has 1 saturated heterocycles. The van der Waals surface area contributed by atoms with Crippen molar-refractivity contribution >= 4 is 23.5 Å². The third-order valence-corrected chi connectivity index (χ3v) is 4.96. The Morgan fingerprint density at radius 3 is 2.41 bits per heavy atom. The zero-order chi connectivity index (χ0) is 21.1. The Balaban J connectivity index is 1.80. The van der Waals surface area contributed by atoms with Crippen LogP contribution >= 0.6 is 0 Å². The molecular weight excluding hydrogens is 394 g/mol. The fourth-order valence-electron chi connectivity index (χ4n) is 3.64. The summed E-state index contributed by atoms with van der Waals surface area (Å²) in [4.78, 5) is 38.5. The molecule has 2 N–H and O–H groups in total. The maximum atomic E-state index is 13.6. The van der Waals surface area contributed by atoms with E-state index in [9.17, 15) is 31.9 Å². The summed E-state index contributed by atoms with van der Waals surface area (Å²) in [5.74, 6) is -3.10. The summed E-state index contributed by atoms with van der Waals surface area (Å²) in [6.45, 7) is 1.38. The van der Waals surface area contributed by atoms with Gasteiger partial charge in [0.15, 0.2) is 0 Å². The molecule has 2 aliphatic heterocycles. The van der Waals surface area contributed by atoms with Crippen LogP contribution < -0.4 is 15.5 Å². The SMILES string of the molecule is Cc1ccc2c(c1)C1(NC(=O)NC1=O)C(=O)N2Cc1ccc(F)c(C(F)(F)F)c1. The van der Waals surface area contributed by atoms with Gasteiger partial charge in [0.1, 0.15) is 5.82 Å². The quantitative estimate of drug-likeness (QED) is 0.457. The lowest BCUT2D eigenvalue weighted by molar-refractivity contribution is -0.140. The van der Waals surface area contributed by atoms with Crippen LogP contribution in [0.2, 0.25) is 0 Å². The van der Waals surface area contributed by atoms with Gasteiger partial charge in [-0.05, 0) is 30.7 Å². The summed E-state index contributed by atoms with van der Waals surface area (Å²) in [6, 6.07) is 6.35. The number of nitrogens with one attached hydrogen (secondary N) is 2. The van der Waals surface area contributed by atoms with E-state index in [4.69, 9.17) is 0 Å². The minimum absolute atomic E-state index is 0.0142. The highest BCUT2D eigenvalue weighted by Crippen LogP contribution is 2.43. The van der Waals surface area contributed by atoms with Crippen molar-refractivity contribution < 1.29 is 31.9 Å². The maximum absolute atomic E-state index is 13.6. The zero-order valence-electron chi connectivity index (χ0n) is 14.9. The number of imide groups is 1. The number of hydrogen-bond acceptors (Lipinski definition) is 3. The molecule has 2 aliphatic rings. The Labute approximate surface area is 161 Å². The molecule has 0 aliphatic carbocycles. The van der Waals surface area contributed by atoms with Crippen molar-refractivity contribution in [3.63, 3.8) is 0 Å². The number of benzene rings is 2. The average Bonchev–Trinajstić information content (AvgIpc) is 3.05. The third-order valence-electron chi connectivity index (χ3n) is 4.96. The highest BCUT2D eigenvalue weighted by Gasteiger charge is 2.61. The van der Waals surface area contributed by atoms with Gasteiger partial charge in [0.25, 0.3) is 11.8 Å². The molecule has 0 bridgehead atoms. The third kappa shape index (κ3) is 2.74. The minimum Gasteiger partial charge on any atom is -0.312 e. The molecule has 0 saturated carbocycles. The van der Waals surface area contributed by atoms with Crippen molar-refractivity contribution in [1.82, 2.24) is 10.6 Å². The van der Waals surface area contributed by atoms with Gasteiger partial charge < -0.3 is 10.2 Å². The standard InChI is InChI=1S/C19H13F4N3O3/c1-9-2-5-14-12(6-9)18(15(27)24-17(29)25-18)16(28)26(14)8-10-3-4-13(20)11(7-10)19(21,22)23/h2-7H,8H2,1H3,(H2,24,25,27,29). The van der Waals surface area contributed by atoms with Crippen molar-refractivity contribution in [2.75, 3.05) is 4.90 Å². The molecule has 1 atom stereocenters.